The molecule has 0 atom stereocenters. The molecular formula is C20H14N4O2. The van der Waals surface area contributed by atoms with E-state index in [2.05, 4.69) is 20.3 Å². The maximum Gasteiger partial charge on any atom is 0.274 e. The van der Waals surface area contributed by atoms with E-state index in [1.165, 1.54) is 0 Å². The van der Waals surface area contributed by atoms with Crippen molar-refractivity contribution in [2.75, 3.05) is 5.32 Å². The summed E-state index contributed by atoms with van der Waals surface area (Å²) in [6.45, 7) is 0. The smallest absolute Gasteiger partial charge is 0.274 e. The number of pyridine rings is 1. The minimum Gasteiger partial charge on any atom is -0.321 e. The Hall–Kier alpha value is -3.80. The fourth-order valence-corrected chi connectivity index (χ4v) is 2.63. The first-order chi connectivity index (χ1) is 12.7. The number of hydrogen-bond acceptors (Lipinski definition) is 4. The maximum atomic E-state index is 12.2. The number of carbonyl (C=O) groups is 1. The van der Waals surface area contributed by atoms with Gasteiger partial charge in [-0.1, -0.05) is 18.2 Å². The highest BCUT2D eigenvalue weighted by Crippen LogP contribution is 2.19. The first-order valence-corrected chi connectivity index (χ1v) is 8.02. The SMILES string of the molecule is O=C(Nc1ccc(-c2nc3ccccc3c(=O)[nH]2)cc1)c1ccccn1. The van der Waals surface area contributed by atoms with Crippen LogP contribution in [0, 0.1) is 0 Å². The summed E-state index contributed by atoms with van der Waals surface area (Å²) in [5.74, 6) is 0.201. The summed E-state index contributed by atoms with van der Waals surface area (Å²) in [7, 11) is 0. The average molecular weight is 342 g/mol. The van der Waals surface area contributed by atoms with Gasteiger partial charge in [0.05, 0.1) is 10.9 Å². The van der Waals surface area contributed by atoms with Crippen molar-refractivity contribution in [1.29, 1.82) is 0 Å². The molecule has 0 saturated carbocycles. The molecule has 4 aromatic rings. The van der Waals surface area contributed by atoms with Crippen LogP contribution >= 0.6 is 0 Å². The van der Waals surface area contributed by atoms with Gasteiger partial charge < -0.3 is 10.3 Å². The average Bonchev–Trinajstić information content (AvgIpc) is 2.69. The molecule has 6 nitrogen and oxygen atoms in total. The van der Waals surface area contributed by atoms with Crippen LogP contribution in [0.1, 0.15) is 10.5 Å². The number of nitrogens with one attached hydrogen (secondary N) is 2. The van der Waals surface area contributed by atoms with Crippen LogP contribution < -0.4 is 10.9 Å². The van der Waals surface area contributed by atoms with Crippen molar-refractivity contribution in [3.05, 3.63) is 89.0 Å². The number of nitrogens with zero attached hydrogens (tertiary/aromatic N) is 2. The molecule has 26 heavy (non-hydrogen) atoms. The van der Waals surface area contributed by atoms with Crippen LogP contribution in [0.4, 0.5) is 5.69 Å². The van der Waals surface area contributed by atoms with Gasteiger partial charge in [0.25, 0.3) is 11.5 Å². The molecule has 0 fully saturated rings. The number of anilines is 1. The number of rotatable bonds is 3. The molecule has 126 valence electrons. The van der Waals surface area contributed by atoms with Crippen molar-refractivity contribution in [3.63, 3.8) is 0 Å². The molecule has 4 rings (SSSR count). The fraction of sp³-hybridized carbons (Fsp3) is 0. The van der Waals surface area contributed by atoms with Crippen molar-refractivity contribution in [2.24, 2.45) is 0 Å². The standard InChI is InChI=1S/C20H14N4O2/c25-19-15-5-1-2-6-16(15)23-18(24-19)13-8-10-14(11-9-13)22-20(26)17-7-3-4-12-21-17/h1-12H,(H,22,26)(H,23,24,25). The minimum absolute atomic E-state index is 0.182. The van der Waals surface area contributed by atoms with Crippen LogP contribution in [0.25, 0.3) is 22.3 Å². The topological polar surface area (TPSA) is 87.7 Å². The second-order valence-corrected chi connectivity index (χ2v) is 5.68. The molecule has 0 aliphatic carbocycles. The van der Waals surface area contributed by atoms with Gasteiger partial charge in [0, 0.05) is 17.4 Å². The molecule has 0 aliphatic rings. The summed E-state index contributed by atoms with van der Waals surface area (Å²) in [5, 5.41) is 3.34. The second-order valence-electron chi connectivity index (χ2n) is 5.68. The van der Waals surface area contributed by atoms with Gasteiger partial charge in [-0.2, -0.15) is 0 Å². The normalized spacial score (nSPS) is 10.6. The summed E-state index contributed by atoms with van der Waals surface area (Å²) >= 11 is 0. The van der Waals surface area contributed by atoms with Gasteiger partial charge in [0.1, 0.15) is 11.5 Å². The molecule has 0 saturated heterocycles. The van der Waals surface area contributed by atoms with Crippen LogP contribution in [0.3, 0.4) is 0 Å². The van der Waals surface area contributed by atoms with Gasteiger partial charge in [-0.3, -0.25) is 14.6 Å². The Morgan fingerprint density at radius 1 is 0.923 bits per heavy atom. The van der Waals surface area contributed by atoms with E-state index in [0.717, 1.165) is 5.56 Å². The third-order valence-electron chi connectivity index (χ3n) is 3.93. The van der Waals surface area contributed by atoms with Crippen LogP contribution in [-0.4, -0.2) is 20.9 Å². The van der Waals surface area contributed by atoms with Crippen LogP contribution in [0.15, 0.2) is 77.7 Å². The lowest BCUT2D eigenvalue weighted by Crippen LogP contribution is -2.13. The Bertz CT molecular complexity index is 1140. The van der Waals surface area contributed by atoms with Crippen LogP contribution in [-0.2, 0) is 0 Å². The molecule has 2 aromatic carbocycles. The van der Waals surface area contributed by atoms with Gasteiger partial charge in [-0.25, -0.2) is 4.98 Å². The van der Waals surface area contributed by atoms with E-state index in [-0.39, 0.29) is 11.5 Å². The zero-order valence-electron chi connectivity index (χ0n) is 13.6. The zero-order valence-corrected chi connectivity index (χ0v) is 13.6. The number of aromatic nitrogens is 3. The number of carbonyl (C=O) groups excluding carboxylic acids is 1. The molecule has 2 aromatic heterocycles. The van der Waals surface area contributed by atoms with E-state index < -0.39 is 0 Å². The molecule has 2 N–H and O–H groups in total. The number of hydrogen-bond donors (Lipinski definition) is 2. The third-order valence-corrected chi connectivity index (χ3v) is 3.93. The van der Waals surface area contributed by atoms with Crippen molar-refractivity contribution < 1.29 is 4.79 Å². The highest BCUT2D eigenvalue weighted by molar-refractivity contribution is 6.02. The molecule has 0 bridgehead atoms. The van der Waals surface area contributed by atoms with E-state index in [0.29, 0.717) is 28.1 Å². The summed E-state index contributed by atoms with van der Waals surface area (Å²) in [4.78, 5) is 35.6. The van der Waals surface area contributed by atoms with E-state index >= 15 is 0 Å². The highest BCUT2D eigenvalue weighted by Gasteiger charge is 2.08. The number of aromatic amines is 1. The molecule has 6 heteroatoms. The summed E-state index contributed by atoms with van der Waals surface area (Å²) in [6.07, 6.45) is 1.57. The molecule has 0 spiro atoms. The fourth-order valence-electron chi connectivity index (χ4n) is 2.63. The minimum atomic E-state index is -0.282. The molecule has 2 heterocycles. The lowest BCUT2D eigenvalue weighted by atomic mass is 10.1. The first kappa shape index (κ1) is 15.7. The molecule has 0 unspecified atom stereocenters. The second kappa shape index (κ2) is 6.60. The van der Waals surface area contributed by atoms with Crippen LogP contribution in [0.5, 0.6) is 0 Å². The number of benzene rings is 2. The summed E-state index contributed by atoms with van der Waals surface area (Å²) < 4.78 is 0. The number of para-hydroxylation sites is 1. The van der Waals surface area contributed by atoms with Gasteiger partial charge in [0.15, 0.2) is 0 Å². The monoisotopic (exact) mass is 342 g/mol. The van der Waals surface area contributed by atoms with Gasteiger partial charge in [0.2, 0.25) is 0 Å². The lowest BCUT2D eigenvalue weighted by molar-refractivity contribution is 0.102. The van der Waals surface area contributed by atoms with E-state index in [4.69, 9.17) is 0 Å². The van der Waals surface area contributed by atoms with E-state index in [1.54, 1.807) is 66.9 Å². The Labute approximate surface area is 148 Å². The quantitative estimate of drug-likeness (QED) is 0.598. The number of amides is 1. The number of H-pyrrole nitrogens is 1. The highest BCUT2D eigenvalue weighted by atomic mass is 16.2. The summed E-state index contributed by atoms with van der Waals surface area (Å²) in [5.41, 5.74) is 2.19. The van der Waals surface area contributed by atoms with Gasteiger partial charge >= 0.3 is 0 Å². The summed E-state index contributed by atoms with van der Waals surface area (Å²) in [6, 6.07) is 19.4. The number of fused-ring (bicyclic) bond motifs is 1. The maximum absolute atomic E-state index is 12.2. The lowest BCUT2D eigenvalue weighted by Gasteiger charge is -2.07. The Balaban J connectivity index is 1.60. The first-order valence-electron chi connectivity index (χ1n) is 8.02. The molecular weight excluding hydrogens is 328 g/mol. The Morgan fingerprint density at radius 3 is 2.46 bits per heavy atom. The van der Waals surface area contributed by atoms with Crippen LogP contribution in [0.2, 0.25) is 0 Å². The Morgan fingerprint density at radius 2 is 1.69 bits per heavy atom. The predicted octanol–water partition coefficient (Wildman–Crippen LogP) is 3.24. The van der Waals surface area contributed by atoms with E-state index in [9.17, 15) is 9.59 Å². The predicted molar refractivity (Wildman–Crippen MR) is 100.0 cm³/mol. The zero-order chi connectivity index (χ0) is 17.9. The molecule has 0 aliphatic heterocycles. The molecule has 1 amide bonds. The van der Waals surface area contributed by atoms with Crippen molar-refractivity contribution >= 4 is 22.5 Å². The van der Waals surface area contributed by atoms with Crippen molar-refractivity contribution in [3.8, 4) is 11.4 Å². The van der Waals surface area contributed by atoms with Gasteiger partial charge in [-0.15, -0.1) is 0 Å². The molecule has 0 radical (unpaired) electrons. The van der Waals surface area contributed by atoms with Gasteiger partial charge in [-0.05, 0) is 48.5 Å². The Kier molecular flexibility index (Phi) is 3.99. The van der Waals surface area contributed by atoms with E-state index in [1.807, 2.05) is 6.07 Å². The third kappa shape index (κ3) is 3.08. The van der Waals surface area contributed by atoms with Crippen molar-refractivity contribution in [1.82, 2.24) is 15.0 Å². The van der Waals surface area contributed by atoms with Crippen molar-refractivity contribution in [2.45, 2.75) is 0 Å². The largest absolute Gasteiger partial charge is 0.321 e.